The van der Waals surface area contributed by atoms with Crippen molar-refractivity contribution in [2.75, 3.05) is 37.9 Å². The Bertz CT molecular complexity index is 494. The second-order valence-corrected chi connectivity index (χ2v) is 5.14. The molecular formula is C15H22N2O3. The Morgan fingerprint density at radius 1 is 1.30 bits per heavy atom. The summed E-state index contributed by atoms with van der Waals surface area (Å²) in [5.41, 5.74) is 8.82. The van der Waals surface area contributed by atoms with E-state index in [9.17, 15) is 4.79 Å². The number of piperidine rings is 1. The van der Waals surface area contributed by atoms with Gasteiger partial charge in [-0.1, -0.05) is 0 Å². The van der Waals surface area contributed by atoms with Crippen LogP contribution in [0.25, 0.3) is 0 Å². The zero-order chi connectivity index (χ0) is 14.7. The van der Waals surface area contributed by atoms with Gasteiger partial charge in [-0.2, -0.15) is 0 Å². The molecular weight excluding hydrogens is 256 g/mol. The van der Waals surface area contributed by atoms with Crippen molar-refractivity contribution in [2.24, 2.45) is 0 Å². The number of hydrogen-bond donors (Lipinski definition) is 1. The molecule has 5 heteroatoms. The summed E-state index contributed by atoms with van der Waals surface area (Å²) in [6, 6.07) is 3.84. The van der Waals surface area contributed by atoms with E-state index < -0.39 is 0 Å². The molecule has 0 bridgehead atoms. The highest BCUT2D eigenvalue weighted by atomic mass is 16.5. The number of methoxy groups -OCH3 is 2. The molecule has 0 atom stereocenters. The van der Waals surface area contributed by atoms with Crippen molar-refractivity contribution in [1.29, 1.82) is 0 Å². The van der Waals surface area contributed by atoms with Crippen molar-refractivity contribution < 1.29 is 14.3 Å². The number of aryl methyl sites for hydroxylation is 1. The van der Waals surface area contributed by atoms with Crippen LogP contribution in [0.1, 0.15) is 28.8 Å². The molecule has 1 heterocycles. The van der Waals surface area contributed by atoms with Crippen LogP contribution in [0.3, 0.4) is 0 Å². The molecule has 110 valence electrons. The predicted molar refractivity (Wildman–Crippen MR) is 79.2 cm³/mol. The van der Waals surface area contributed by atoms with E-state index in [0.717, 1.165) is 37.2 Å². The first-order chi connectivity index (χ1) is 9.56. The van der Waals surface area contributed by atoms with Gasteiger partial charge in [0.1, 0.15) is 0 Å². The number of nitrogen functional groups attached to an aromatic ring is 1. The number of carbonyl (C=O) groups excluding carboxylic acids is 1. The third kappa shape index (κ3) is 2.88. The number of rotatable bonds is 3. The highest BCUT2D eigenvalue weighted by molar-refractivity contribution is 5.97. The fraction of sp³-hybridized carbons (Fsp3) is 0.533. The zero-order valence-electron chi connectivity index (χ0n) is 12.3. The van der Waals surface area contributed by atoms with Crippen LogP contribution in [-0.2, 0) is 9.47 Å². The average Bonchev–Trinajstić information content (AvgIpc) is 2.49. The molecule has 0 unspecified atom stereocenters. The van der Waals surface area contributed by atoms with Crippen molar-refractivity contribution in [3.05, 3.63) is 23.3 Å². The Morgan fingerprint density at radius 2 is 1.95 bits per heavy atom. The SMILES string of the molecule is COC(=O)c1cc(N2CCC(OC)CC2)cc(C)c1N. The molecule has 1 aliphatic heterocycles. The summed E-state index contributed by atoms with van der Waals surface area (Å²) in [6.07, 6.45) is 2.32. The van der Waals surface area contributed by atoms with Gasteiger partial charge in [-0.05, 0) is 37.5 Å². The molecule has 1 aliphatic rings. The number of esters is 1. The summed E-state index contributed by atoms with van der Waals surface area (Å²) in [6.45, 7) is 3.75. The summed E-state index contributed by atoms with van der Waals surface area (Å²) in [7, 11) is 3.12. The smallest absolute Gasteiger partial charge is 0.340 e. The van der Waals surface area contributed by atoms with Gasteiger partial charge in [-0.15, -0.1) is 0 Å². The van der Waals surface area contributed by atoms with Crippen LogP contribution in [0.15, 0.2) is 12.1 Å². The van der Waals surface area contributed by atoms with Crippen molar-refractivity contribution in [2.45, 2.75) is 25.9 Å². The quantitative estimate of drug-likeness (QED) is 0.676. The Hall–Kier alpha value is -1.75. The fourth-order valence-electron chi connectivity index (χ4n) is 2.59. The number of nitrogens with two attached hydrogens (primary N) is 1. The van der Waals surface area contributed by atoms with Gasteiger partial charge < -0.3 is 20.1 Å². The Kier molecular flexibility index (Phi) is 4.49. The van der Waals surface area contributed by atoms with Gasteiger partial charge in [0, 0.05) is 31.6 Å². The molecule has 0 aromatic heterocycles. The number of ether oxygens (including phenoxy) is 2. The summed E-state index contributed by atoms with van der Waals surface area (Å²) < 4.78 is 10.2. The van der Waals surface area contributed by atoms with Gasteiger partial charge in [0.25, 0.3) is 0 Å². The van der Waals surface area contributed by atoms with Crippen molar-refractivity contribution in [1.82, 2.24) is 0 Å². The van der Waals surface area contributed by atoms with Gasteiger partial charge >= 0.3 is 5.97 Å². The number of nitrogens with zero attached hydrogens (tertiary/aromatic N) is 1. The molecule has 1 fully saturated rings. The van der Waals surface area contributed by atoms with E-state index in [2.05, 4.69) is 4.90 Å². The molecule has 1 aromatic rings. The molecule has 0 aliphatic carbocycles. The van der Waals surface area contributed by atoms with Crippen molar-refractivity contribution >= 4 is 17.3 Å². The minimum absolute atomic E-state index is 0.334. The van der Waals surface area contributed by atoms with Crippen LogP contribution < -0.4 is 10.6 Å². The van der Waals surface area contributed by atoms with Crippen LogP contribution in [0, 0.1) is 6.92 Å². The second kappa shape index (κ2) is 6.13. The summed E-state index contributed by atoms with van der Waals surface area (Å²) in [4.78, 5) is 14.0. The number of benzene rings is 1. The standard InChI is InChI=1S/C15H22N2O3/c1-10-8-11(9-13(14(10)16)15(18)20-3)17-6-4-12(19-2)5-7-17/h8-9,12H,4-7,16H2,1-3H3. The Balaban J connectivity index is 2.25. The second-order valence-electron chi connectivity index (χ2n) is 5.14. The predicted octanol–water partition coefficient (Wildman–Crippen LogP) is 1.98. The van der Waals surface area contributed by atoms with E-state index in [1.807, 2.05) is 19.1 Å². The zero-order valence-corrected chi connectivity index (χ0v) is 12.3. The van der Waals surface area contributed by atoms with E-state index in [4.69, 9.17) is 15.2 Å². The first-order valence-electron chi connectivity index (χ1n) is 6.83. The first kappa shape index (κ1) is 14.7. The lowest BCUT2D eigenvalue weighted by molar-refractivity contribution is 0.0601. The molecule has 1 saturated heterocycles. The van der Waals surface area contributed by atoms with Gasteiger partial charge in [0.05, 0.1) is 18.8 Å². The maximum absolute atomic E-state index is 11.8. The van der Waals surface area contributed by atoms with Crippen LogP contribution in [0.5, 0.6) is 0 Å². The Morgan fingerprint density at radius 3 is 2.50 bits per heavy atom. The molecule has 2 N–H and O–H groups in total. The topological polar surface area (TPSA) is 64.8 Å². The van der Waals surface area contributed by atoms with Crippen LogP contribution in [0.4, 0.5) is 11.4 Å². The third-order valence-corrected chi connectivity index (χ3v) is 3.92. The van der Waals surface area contributed by atoms with Gasteiger partial charge in [-0.3, -0.25) is 0 Å². The molecule has 2 rings (SSSR count). The molecule has 0 saturated carbocycles. The summed E-state index contributed by atoms with van der Waals surface area (Å²) in [5.74, 6) is -0.390. The fourth-order valence-corrected chi connectivity index (χ4v) is 2.59. The highest BCUT2D eigenvalue weighted by Crippen LogP contribution is 2.28. The van der Waals surface area contributed by atoms with Gasteiger partial charge in [-0.25, -0.2) is 4.79 Å². The maximum atomic E-state index is 11.8. The lowest BCUT2D eigenvalue weighted by Gasteiger charge is -2.33. The van der Waals surface area contributed by atoms with Crippen molar-refractivity contribution in [3.63, 3.8) is 0 Å². The largest absolute Gasteiger partial charge is 0.465 e. The average molecular weight is 278 g/mol. The Labute approximate surface area is 119 Å². The van der Waals surface area contributed by atoms with E-state index in [1.165, 1.54) is 7.11 Å². The van der Waals surface area contributed by atoms with E-state index in [-0.39, 0.29) is 5.97 Å². The van der Waals surface area contributed by atoms with E-state index >= 15 is 0 Å². The number of anilines is 2. The molecule has 1 aromatic carbocycles. The summed E-state index contributed by atoms with van der Waals surface area (Å²) in [5, 5.41) is 0. The normalized spacial score (nSPS) is 16.2. The lowest BCUT2D eigenvalue weighted by atomic mass is 10.0. The number of carbonyl (C=O) groups is 1. The van der Waals surface area contributed by atoms with Crippen LogP contribution in [-0.4, -0.2) is 39.4 Å². The van der Waals surface area contributed by atoms with E-state index in [1.54, 1.807) is 7.11 Å². The first-order valence-corrected chi connectivity index (χ1v) is 6.83. The van der Waals surface area contributed by atoms with Gasteiger partial charge in [0.15, 0.2) is 0 Å². The van der Waals surface area contributed by atoms with Crippen LogP contribution >= 0.6 is 0 Å². The number of hydrogen-bond acceptors (Lipinski definition) is 5. The van der Waals surface area contributed by atoms with Crippen molar-refractivity contribution in [3.8, 4) is 0 Å². The molecule has 0 radical (unpaired) electrons. The monoisotopic (exact) mass is 278 g/mol. The van der Waals surface area contributed by atoms with E-state index in [0.29, 0.717) is 17.4 Å². The minimum Gasteiger partial charge on any atom is -0.465 e. The molecule has 5 nitrogen and oxygen atoms in total. The lowest BCUT2D eigenvalue weighted by Crippen LogP contribution is -2.36. The van der Waals surface area contributed by atoms with Crippen LogP contribution in [0.2, 0.25) is 0 Å². The molecule has 20 heavy (non-hydrogen) atoms. The maximum Gasteiger partial charge on any atom is 0.340 e. The summed E-state index contributed by atoms with van der Waals surface area (Å²) >= 11 is 0. The minimum atomic E-state index is -0.390. The third-order valence-electron chi connectivity index (χ3n) is 3.92. The molecule has 0 amide bonds. The molecule has 0 spiro atoms. The van der Waals surface area contributed by atoms with Gasteiger partial charge in [0.2, 0.25) is 0 Å². The highest BCUT2D eigenvalue weighted by Gasteiger charge is 2.21.